The molecule has 0 bridgehead atoms. The van der Waals surface area contributed by atoms with Gasteiger partial charge in [0.05, 0.1) is 6.17 Å². The molecule has 1 heterocycles. The molecule has 0 aromatic heterocycles. The fraction of sp³-hybridized carbons (Fsp3) is 0.333. The molecule has 2 aromatic carbocycles. The van der Waals surface area contributed by atoms with Gasteiger partial charge in [-0.25, -0.2) is 5.01 Å². The van der Waals surface area contributed by atoms with E-state index in [9.17, 15) is 0 Å². The summed E-state index contributed by atoms with van der Waals surface area (Å²) in [6, 6.07) is 17.4. The van der Waals surface area contributed by atoms with E-state index in [4.69, 9.17) is 0 Å². The zero-order valence-electron chi connectivity index (χ0n) is 13.4. The Morgan fingerprint density at radius 3 is 2.36 bits per heavy atom. The Labute approximate surface area is 132 Å². The van der Waals surface area contributed by atoms with Crippen molar-refractivity contribution in [2.45, 2.75) is 12.1 Å². The van der Waals surface area contributed by atoms with E-state index in [1.807, 2.05) is 21.1 Å². The molecule has 2 unspecified atom stereocenters. The fourth-order valence-electron chi connectivity index (χ4n) is 3.35. The number of hydrogen-bond acceptors (Lipinski definition) is 4. The van der Waals surface area contributed by atoms with E-state index in [-0.39, 0.29) is 6.17 Å². The number of fused-ring (bicyclic) bond motifs is 1. The minimum atomic E-state index is 0.174. The Bertz CT molecular complexity index is 626. The smallest absolute Gasteiger partial charge is 0.0993 e. The van der Waals surface area contributed by atoms with Crippen molar-refractivity contribution < 1.29 is 0 Å². The Kier molecular flexibility index (Phi) is 4.43. The van der Waals surface area contributed by atoms with E-state index in [2.05, 4.69) is 69.6 Å². The minimum absolute atomic E-state index is 0.174. The molecule has 0 saturated heterocycles. The van der Waals surface area contributed by atoms with Crippen LogP contribution in [0.4, 0.5) is 5.69 Å². The normalized spacial score (nSPS) is 21.4. The van der Waals surface area contributed by atoms with Gasteiger partial charge in [0.25, 0.3) is 0 Å². The highest BCUT2D eigenvalue weighted by molar-refractivity contribution is 5.52. The van der Waals surface area contributed by atoms with Crippen molar-refractivity contribution in [2.75, 3.05) is 33.0 Å². The topological polar surface area (TPSA) is 39.3 Å². The quantitative estimate of drug-likeness (QED) is 0.811. The molecule has 4 heteroatoms. The highest BCUT2D eigenvalue weighted by atomic mass is 15.5. The van der Waals surface area contributed by atoms with Gasteiger partial charge >= 0.3 is 0 Å². The molecule has 4 nitrogen and oxygen atoms in total. The second-order valence-corrected chi connectivity index (χ2v) is 5.62. The summed E-state index contributed by atoms with van der Waals surface area (Å²) in [5.41, 5.74) is 8.56. The summed E-state index contributed by atoms with van der Waals surface area (Å²) in [4.78, 5) is 0. The number of benzene rings is 2. The average Bonchev–Trinajstić information content (AvgIpc) is 2.60. The van der Waals surface area contributed by atoms with Gasteiger partial charge in [0.2, 0.25) is 0 Å². The maximum absolute atomic E-state index is 3.42. The second kappa shape index (κ2) is 6.48. The molecule has 2 atom stereocenters. The van der Waals surface area contributed by atoms with Gasteiger partial charge in [0, 0.05) is 25.2 Å². The van der Waals surface area contributed by atoms with Crippen LogP contribution in [0.2, 0.25) is 0 Å². The molecule has 0 spiro atoms. The lowest BCUT2D eigenvalue weighted by Gasteiger charge is -2.41. The molecular weight excluding hydrogens is 272 g/mol. The van der Waals surface area contributed by atoms with Crippen LogP contribution >= 0.6 is 0 Å². The molecule has 0 aliphatic carbocycles. The van der Waals surface area contributed by atoms with Crippen LogP contribution in [0.1, 0.15) is 28.8 Å². The van der Waals surface area contributed by atoms with Crippen molar-refractivity contribution in [1.82, 2.24) is 15.8 Å². The zero-order valence-corrected chi connectivity index (χ0v) is 13.4. The van der Waals surface area contributed by atoms with Crippen molar-refractivity contribution in [2.24, 2.45) is 0 Å². The Balaban J connectivity index is 2.11. The molecule has 3 N–H and O–H groups in total. The van der Waals surface area contributed by atoms with Gasteiger partial charge < -0.3 is 10.6 Å². The van der Waals surface area contributed by atoms with Gasteiger partial charge in [0.1, 0.15) is 0 Å². The van der Waals surface area contributed by atoms with Gasteiger partial charge in [-0.2, -0.15) is 0 Å². The summed E-state index contributed by atoms with van der Waals surface area (Å²) in [5, 5.41) is 8.93. The fourth-order valence-corrected chi connectivity index (χ4v) is 3.35. The van der Waals surface area contributed by atoms with Gasteiger partial charge in [-0.05, 0) is 42.9 Å². The molecule has 22 heavy (non-hydrogen) atoms. The van der Waals surface area contributed by atoms with E-state index < -0.39 is 0 Å². The first-order chi connectivity index (χ1) is 10.8. The molecular formula is C18H24N4. The number of nitrogens with zero attached hydrogens (tertiary/aromatic N) is 1. The van der Waals surface area contributed by atoms with Crippen molar-refractivity contribution in [3.05, 3.63) is 65.2 Å². The van der Waals surface area contributed by atoms with E-state index >= 15 is 0 Å². The van der Waals surface area contributed by atoms with Crippen molar-refractivity contribution >= 4 is 5.69 Å². The third kappa shape index (κ3) is 2.61. The van der Waals surface area contributed by atoms with Crippen LogP contribution in [0.25, 0.3) is 0 Å². The first-order valence-corrected chi connectivity index (χ1v) is 7.76. The molecule has 0 fully saturated rings. The van der Waals surface area contributed by atoms with Crippen molar-refractivity contribution in [3.63, 3.8) is 0 Å². The van der Waals surface area contributed by atoms with Gasteiger partial charge in [-0.15, -0.1) is 0 Å². The maximum atomic E-state index is 3.42. The SMILES string of the molecule is CNc1ccc2c(c1)C(NC)N(NC)CC2c1ccccc1. The zero-order chi connectivity index (χ0) is 15.5. The molecule has 1 aliphatic heterocycles. The van der Waals surface area contributed by atoms with Gasteiger partial charge in [-0.1, -0.05) is 36.4 Å². The Hall–Kier alpha value is -1.88. The lowest BCUT2D eigenvalue weighted by atomic mass is 9.83. The largest absolute Gasteiger partial charge is 0.388 e. The lowest BCUT2D eigenvalue weighted by Crippen LogP contribution is -2.49. The maximum Gasteiger partial charge on any atom is 0.0993 e. The summed E-state index contributed by atoms with van der Waals surface area (Å²) in [5.74, 6) is 0.374. The third-order valence-electron chi connectivity index (χ3n) is 4.50. The molecule has 116 valence electrons. The highest BCUT2D eigenvalue weighted by Crippen LogP contribution is 2.38. The minimum Gasteiger partial charge on any atom is -0.388 e. The van der Waals surface area contributed by atoms with Crippen LogP contribution in [0.3, 0.4) is 0 Å². The van der Waals surface area contributed by atoms with E-state index in [0.29, 0.717) is 5.92 Å². The number of nitrogens with one attached hydrogen (secondary N) is 3. The van der Waals surface area contributed by atoms with Crippen LogP contribution in [0, 0.1) is 0 Å². The predicted octanol–water partition coefficient (Wildman–Crippen LogP) is 2.53. The van der Waals surface area contributed by atoms with Crippen LogP contribution in [0.15, 0.2) is 48.5 Å². The highest BCUT2D eigenvalue weighted by Gasteiger charge is 2.32. The first-order valence-electron chi connectivity index (χ1n) is 7.76. The molecule has 2 aromatic rings. The van der Waals surface area contributed by atoms with Crippen molar-refractivity contribution in [3.8, 4) is 0 Å². The summed E-state index contributed by atoms with van der Waals surface area (Å²) in [6.45, 7) is 0.942. The lowest BCUT2D eigenvalue weighted by molar-refractivity contribution is 0.101. The molecule has 0 saturated carbocycles. The molecule has 3 rings (SSSR count). The van der Waals surface area contributed by atoms with E-state index in [0.717, 1.165) is 12.2 Å². The van der Waals surface area contributed by atoms with Crippen LogP contribution in [0.5, 0.6) is 0 Å². The number of hydrazine groups is 1. The summed E-state index contributed by atoms with van der Waals surface area (Å²) in [7, 11) is 5.95. The standard InChI is InChI=1S/C18H24N4/c1-19-14-9-10-15-16(11-14)18(20-2)22(21-3)12-17(15)13-7-5-4-6-8-13/h4-11,17-21H,12H2,1-3H3. The summed E-state index contributed by atoms with van der Waals surface area (Å²) in [6.07, 6.45) is 0.174. The van der Waals surface area contributed by atoms with Crippen LogP contribution in [-0.2, 0) is 0 Å². The van der Waals surface area contributed by atoms with Crippen LogP contribution < -0.4 is 16.1 Å². The van der Waals surface area contributed by atoms with Gasteiger partial charge in [0.15, 0.2) is 0 Å². The Morgan fingerprint density at radius 1 is 0.955 bits per heavy atom. The number of rotatable bonds is 4. The van der Waals surface area contributed by atoms with E-state index in [1.54, 1.807) is 0 Å². The molecule has 0 amide bonds. The second-order valence-electron chi connectivity index (χ2n) is 5.62. The average molecular weight is 296 g/mol. The van der Waals surface area contributed by atoms with E-state index in [1.165, 1.54) is 16.7 Å². The molecule has 0 radical (unpaired) electrons. The number of anilines is 1. The first kappa shape index (κ1) is 15.0. The predicted molar refractivity (Wildman–Crippen MR) is 91.8 cm³/mol. The summed E-state index contributed by atoms with van der Waals surface area (Å²) >= 11 is 0. The molecule has 1 aliphatic rings. The van der Waals surface area contributed by atoms with Crippen molar-refractivity contribution in [1.29, 1.82) is 0 Å². The van der Waals surface area contributed by atoms with Gasteiger partial charge in [-0.3, -0.25) is 5.43 Å². The monoisotopic (exact) mass is 296 g/mol. The summed E-state index contributed by atoms with van der Waals surface area (Å²) < 4.78 is 0. The third-order valence-corrected chi connectivity index (χ3v) is 4.50. The number of hydrogen-bond donors (Lipinski definition) is 3. The Morgan fingerprint density at radius 2 is 1.73 bits per heavy atom. The van der Waals surface area contributed by atoms with Crippen LogP contribution in [-0.4, -0.2) is 32.7 Å².